The highest BCUT2D eigenvalue weighted by atomic mass is 35.5. The molecule has 1 amide bonds. The average molecular weight is 288 g/mol. The van der Waals surface area contributed by atoms with Gasteiger partial charge in [-0.05, 0) is 24.1 Å². The topological polar surface area (TPSA) is 40.5 Å². The molecule has 1 saturated heterocycles. The quantitative estimate of drug-likeness (QED) is 0.927. The molecule has 1 aromatic carbocycles. The number of aliphatic hydroxyl groups excluding tert-OH is 1. The molecule has 1 fully saturated rings. The van der Waals surface area contributed by atoms with Gasteiger partial charge in [-0.25, -0.2) is 0 Å². The number of nitrogens with zero attached hydrogens (tertiary/aromatic N) is 1. The van der Waals surface area contributed by atoms with Crippen molar-refractivity contribution in [2.24, 2.45) is 5.92 Å². The molecule has 0 bridgehead atoms. The number of amides is 1. The van der Waals surface area contributed by atoms with Gasteiger partial charge < -0.3 is 10.0 Å². The zero-order chi connectivity index (χ0) is 13.3. The Hall–Kier alpha value is -0.770. The third-order valence-electron chi connectivity index (χ3n) is 3.14. The van der Waals surface area contributed by atoms with E-state index in [4.69, 9.17) is 23.2 Å². The first kappa shape index (κ1) is 13.7. The molecule has 0 aromatic heterocycles. The molecule has 1 aliphatic heterocycles. The van der Waals surface area contributed by atoms with E-state index in [1.165, 1.54) is 0 Å². The Bertz CT molecular complexity index is 458. The number of halogens is 2. The molecule has 98 valence electrons. The van der Waals surface area contributed by atoms with E-state index in [0.29, 0.717) is 29.6 Å². The maximum absolute atomic E-state index is 12.0. The first-order valence-corrected chi connectivity index (χ1v) is 6.63. The van der Waals surface area contributed by atoms with Crippen LogP contribution in [0.2, 0.25) is 10.0 Å². The molecule has 1 atom stereocenters. The second kappa shape index (κ2) is 5.47. The lowest BCUT2D eigenvalue weighted by atomic mass is 9.98. The summed E-state index contributed by atoms with van der Waals surface area (Å²) in [6, 6.07) is 5.30. The molecule has 5 heteroatoms. The van der Waals surface area contributed by atoms with E-state index >= 15 is 0 Å². The molecule has 3 nitrogen and oxygen atoms in total. The molecular formula is C13H15Cl2NO2. The van der Waals surface area contributed by atoms with Crippen LogP contribution in [0.5, 0.6) is 0 Å². The monoisotopic (exact) mass is 287 g/mol. The van der Waals surface area contributed by atoms with Crippen molar-refractivity contribution in [2.75, 3.05) is 13.1 Å². The minimum absolute atomic E-state index is 0.0614. The van der Waals surface area contributed by atoms with Gasteiger partial charge in [0.2, 0.25) is 5.91 Å². The largest absolute Gasteiger partial charge is 0.389 e. The molecule has 0 spiro atoms. The van der Waals surface area contributed by atoms with Crippen molar-refractivity contribution in [3.63, 3.8) is 0 Å². The van der Waals surface area contributed by atoms with Crippen LogP contribution in [0.25, 0.3) is 0 Å². The SMILES string of the molecule is CC(Cc1ccc(Cl)cc1Cl)C(=O)N1CC(O)C1. The third kappa shape index (κ3) is 2.97. The number of hydrogen-bond acceptors (Lipinski definition) is 2. The van der Waals surface area contributed by atoms with Crippen LogP contribution >= 0.6 is 23.2 Å². The zero-order valence-electron chi connectivity index (χ0n) is 10.1. The van der Waals surface area contributed by atoms with Crippen LogP contribution in [0.1, 0.15) is 12.5 Å². The summed E-state index contributed by atoms with van der Waals surface area (Å²) in [4.78, 5) is 13.7. The number of aliphatic hydroxyl groups is 1. The number of carbonyl (C=O) groups is 1. The highest BCUT2D eigenvalue weighted by Crippen LogP contribution is 2.24. The lowest BCUT2D eigenvalue weighted by molar-refractivity contribution is -0.145. The van der Waals surface area contributed by atoms with Crippen LogP contribution in [-0.2, 0) is 11.2 Å². The van der Waals surface area contributed by atoms with Crippen molar-refractivity contribution >= 4 is 29.1 Å². The first-order valence-electron chi connectivity index (χ1n) is 5.88. The average Bonchev–Trinajstić information content (AvgIpc) is 2.27. The molecule has 0 aliphatic carbocycles. The van der Waals surface area contributed by atoms with E-state index in [2.05, 4.69) is 0 Å². The van der Waals surface area contributed by atoms with E-state index in [9.17, 15) is 9.90 Å². The molecule has 1 heterocycles. The van der Waals surface area contributed by atoms with Crippen molar-refractivity contribution in [1.82, 2.24) is 4.90 Å². The van der Waals surface area contributed by atoms with E-state index in [-0.39, 0.29) is 17.9 Å². The van der Waals surface area contributed by atoms with Gasteiger partial charge in [0.1, 0.15) is 0 Å². The van der Waals surface area contributed by atoms with Gasteiger partial charge in [-0.1, -0.05) is 36.2 Å². The van der Waals surface area contributed by atoms with E-state index in [1.54, 1.807) is 17.0 Å². The van der Waals surface area contributed by atoms with Crippen molar-refractivity contribution < 1.29 is 9.90 Å². The summed E-state index contributed by atoms with van der Waals surface area (Å²) in [5, 5.41) is 10.4. The van der Waals surface area contributed by atoms with Gasteiger partial charge in [0.15, 0.2) is 0 Å². The fourth-order valence-corrected chi connectivity index (χ4v) is 2.54. The maximum atomic E-state index is 12.0. The summed E-state index contributed by atoms with van der Waals surface area (Å²) in [7, 11) is 0. The molecule has 1 unspecified atom stereocenters. The Morgan fingerprint density at radius 2 is 2.17 bits per heavy atom. The molecule has 18 heavy (non-hydrogen) atoms. The van der Waals surface area contributed by atoms with Gasteiger partial charge in [0.25, 0.3) is 0 Å². The lowest BCUT2D eigenvalue weighted by Crippen LogP contribution is -2.55. The molecular weight excluding hydrogens is 273 g/mol. The van der Waals surface area contributed by atoms with Gasteiger partial charge in [-0.2, -0.15) is 0 Å². The van der Waals surface area contributed by atoms with Crippen molar-refractivity contribution in [3.8, 4) is 0 Å². The Morgan fingerprint density at radius 1 is 1.50 bits per heavy atom. The maximum Gasteiger partial charge on any atom is 0.225 e. The predicted octanol–water partition coefficient (Wildman–Crippen LogP) is 2.38. The smallest absolute Gasteiger partial charge is 0.225 e. The van der Waals surface area contributed by atoms with Gasteiger partial charge >= 0.3 is 0 Å². The summed E-state index contributed by atoms with van der Waals surface area (Å²) >= 11 is 11.9. The first-order chi connectivity index (χ1) is 8.47. The predicted molar refractivity (Wildman–Crippen MR) is 71.9 cm³/mol. The molecule has 1 N–H and O–H groups in total. The second-order valence-corrected chi connectivity index (χ2v) is 5.58. The highest BCUT2D eigenvalue weighted by Gasteiger charge is 2.31. The fourth-order valence-electron chi connectivity index (χ4n) is 2.05. The van der Waals surface area contributed by atoms with Crippen LogP contribution in [-0.4, -0.2) is 35.1 Å². The third-order valence-corrected chi connectivity index (χ3v) is 3.72. The molecule has 1 aliphatic rings. The Morgan fingerprint density at radius 3 is 2.72 bits per heavy atom. The Kier molecular flexibility index (Phi) is 4.15. The van der Waals surface area contributed by atoms with Gasteiger partial charge in [0.05, 0.1) is 6.10 Å². The fraction of sp³-hybridized carbons (Fsp3) is 0.462. The highest BCUT2D eigenvalue weighted by molar-refractivity contribution is 6.35. The van der Waals surface area contributed by atoms with E-state index in [0.717, 1.165) is 5.56 Å². The Balaban J connectivity index is 1.98. The van der Waals surface area contributed by atoms with Gasteiger partial charge in [0, 0.05) is 29.1 Å². The van der Waals surface area contributed by atoms with Crippen molar-refractivity contribution in [2.45, 2.75) is 19.4 Å². The lowest BCUT2D eigenvalue weighted by Gasteiger charge is -2.37. The number of rotatable bonds is 3. The second-order valence-electron chi connectivity index (χ2n) is 4.74. The van der Waals surface area contributed by atoms with Crippen LogP contribution in [0, 0.1) is 5.92 Å². The van der Waals surface area contributed by atoms with Crippen molar-refractivity contribution in [1.29, 1.82) is 0 Å². The summed E-state index contributed by atoms with van der Waals surface area (Å²) in [5.41, 5.74) is 0.919. The summed E-state index contributed by atoms with van der Waals surface area (Å²) in [6.45, 7) is 2.76. The minimum Gasteiger partial charge on any atom is -0.389 e. The van der Waals surface area contributed by atoms with E-state index in [1.807, 2.05) is 13.0 Å². The molecule has 1 aromatic rings. The van der Waals surface area contributed by atoms with Gasteiger partial charge in [-0.15, -0.1) is 0 Å². The van der Waals surface area contributed by atoms with Crippen LogP contribution in [0.4, 0.5) is 0 Å². The zero-order valence-corrected chi connectivity index (χ0v) is 11.6. The summed E-state index contributed by atoms with van der Waals surface area (Å²) < 4.78 is 0. The standard InChI is InChI=1S/C13H15Cl2NO2/c1-8(13(18)16-6-11(17)7-16)4-9-2-3-10(14)5-12(9)15/h2-3,5,8,11,17H,4,6-7H2,1H3. The molecule has 2 rings (SSSR count). The van der Waals surface area contributed by atoms with Crippen LogP contribution in [0.3, 0.4) is 0 Å². The Labute approximate surface area is 116 Å². The summed E-state index contributed by atoms with van der Waals surface area (Å²) in [6.07, 6.45) is 0.224. The number of hydrogen-bond donors (Lipinski definition) is 1. The van der Waals surface area contributed by atoms with Crippen molar-refractivity contribution in [3.05, 3.63) is 33.8 Å². The van der Waals surface area contributed by atoms with Crippen LogP contribution in [0.15, 0.2) is 18.2 Å². The number of β-amino-alcohol motifs (C(OH)–C–C–N with tert-alkyl or cyclic N) is 1. The molecule has 0 radical (unpaired) electrons. The molecule has 0 saturated carbocycles. The number of likely N-dealkylation sites (tertiary alicyclic amines) is 1. The normalized spacial score (nSPS) is 17.4. The number of carbonyl (C=O) groups excluding carboxylic acids is 1. The number of benzene rings is 1. The van der Waals surface area contributed by atoms with E-state index < -0.39 is 0 Å². The van der Waals surface area contributed by atoms with Crippen LogP contribution < -0.4 is 0 Å². The summed E-state index contributed by atoms with van der Waals surface area (Å²) in [5.74, 6) is -0.0810. The van der Waals surface area contributed by atoms with Gasteiger partial charge in [-0.3, -0.25) is 4.79 Å². The minimum atomic E-state index is -0.361.